The van der Waals surface area contributed by atoms with Crippen LogP contribution in [0.3, 0.4) is 0 Å². The molecule has 10 heteroatoms. The summed E-state index contributed by atoms with van der Waals surface area (Å²) in [4.78, 5) is 20.0. The van der Waals surface area contributed by atoms with Crippen LogP contribution in [0.15, 0.2) is 36.0 Å². The summed E-state index contributed by atoms with van der Waals surface area (Å²) in [5.41, 5.74) is -0.608. The van der Waals surface area contributed by atoms with E-state index in [4.69, 9.17) is 0 Å². The molecule has 0 bridgehead atoms. The molecule has 2 rings (SSSR count). The van der Waals surface area contributed by atoms with Crippen LogP contribution in [0.1, 0.15) is 5.56 Å². The molecule has 0 atom stereocenters. The average Bonchev–Trinajstić information content (AvgIpc) is 2.89. The highest BCUT2D eigenvalue weighted by Crippen LogP contribution is 2.23. The second-order valence-corrected chi connectivity index (χ2v) is 3.34. The first kappa shape index (κ1) is 12.3. The maximum absolute atomic E-state index is 10.8. The number of aromatic nitrogens is 3. The molecule has 1 heterocycles. The Morgan fingerprint density at radius 3 is 2.42 bits per heavy atom. The highest BCUT2D eigenvalue weighted by Gasteiger charge is 2.18. The number of hydrogen-bond acceptors (Lipinski definition) is 7. The van der Waals surface area contributed by atoms with E-state index in [-0.39, 0.29) is 11.3 Å². The van der Waals surface area contributed by atoms with E-state index in [1.165, 1.54) is 35.7 Å². The molecule has 0 unspecified atom stereocenters. The normalized spacial score (nSPS) is 10.7. The molecule has 10 nitrogen and oxygen atoms in total. The molecule has 1 aromatic heterocycles. The van der Waals surface area contributed by atoms with Crippen molar-refractivity contribution in [3.8, 4) is 0 Å². The summed E-state index contributed by atoms with van der Waals surface area (Å²) in [5.74, 6) is 0. The van der Waals surface area contributed by atoms with E-state index in [0.717, 1.165) is 6.07 Å². The number of rotatable bonds is 4. The van der Waals surface area contributed by atoms with Crippen molar-refractivity contribution < 1.29 is 9.85 Å². The van der Waals surface area contributed by atoms with E-state index in [1.54, 1.807) is 0 Å². The fourth-order valence-corrected chi connectivity index (χ4v) is 1.30. The van der Waals surface area contributed by atoms with E-state index in [1.807, 2.05) is 0 Å². The smallest absolute Gasteiger partial charge is 0.258 e. The van der Waals surface area contributed by atoms with Crippen molar-refractivity contribution >= 4 is 17.6 Å². The topological polar surface area (TPSA) is 129 Å². The summed E-state index contributed by atoms with van der Waals surface area (Å²) < 4.78 is 1.24. The number of non-ortho nitro benzene ring substituents is 1. The van der Waals surface area contributed by atoms with Gasteiger partial charge in [0.25, 0.3) is 11.4 Å². The molecule has 0 saturated carbocycles. The lowest BCUT2D eigenvalue weighted by atomic mass is 10.2. The molecule has 2 aromatic rings. The van der Waals surface area contributed by atoms with Crippen molar-refractivity contribution in [3.63, 3.8) is 0 Å². The number of nitro benzene ring substituents is 2. The SMILES string of the molecule is O=[N+]([O-])c1ccc(/C=N/n2cnnc2)c([N+](=O)[O-])c1. The third-order valence-electron chi connectivity index (χ3n) is 2.16. The van der Waals surface area contributed by atoms with Gasteiger partial charge in [0.2, 0.25) is 0 Å². The van der Waals surface area contributed by atoms with Crippen LogP contribution in [0.2, 0.25) is 0 Å². The molecule has 0 aliphatic heterocycles. The van der Waals surface area contributed by atoms with Gasteiger partial charge in [-0.1, -0.05) is 0 Å². The first-order chi connectivity index (χ1) is 9.08. The van der Waals surface area contributed by atoms with Gasteiger partial charge in [-0.15, -0.1) is 10.2 Å². The maximum atomic E-state index is 10.8. The van der Waals surface area contributed by atoms with Crippen LogP contribution in [-0.2, 0) is 0 Å². The second-order valence-electron chi connectivity index (χ2n) is 3.34. The summed E-state index contributed by atoms with van der Waals surface area (Å²) in [5, 5.41) is 32.3. The number of nitrogens with zero attached hydrogens (tertiary/aromatic N) is 6. The molecule has 0 spiro atoms. The molecule has 0 amide bonds. The van der Waals surface area contributed by atoms with Crippen LogP contribution in [0.25, 0.3) is 0 Å². The quantitative estimate of drug-likeness (QED) is 0.458. The van der Waals surface area contributed by atoms with Crippen LogP contribution in [0.5, 0.6) is 0 Å². The van der Waals surface area contributed by atoms with E-state index >= 15 is 0 Å². The Morgan fingerprint density at radius 1 is 1.16 bits per heavy atom. The van der Waals surface area contributed by atoms with E-state index in [2.05, 4.69) is 15.3 Å². The molecule has 19 heavy (non-hydrogen) atoms. The molecule has 0 N–H and O–H groups in total. The van der Waals surface area contributed by atoms with Crippen LogP contribution in [-0.4, -0.2) is 30.9 Å². The third-order valence-corrected chi connectivity index (χ3v) is 2.16. The van der Waals surface area contributed by atoms with E-state index in [0.29, 0.717) is 0 Å². The molecule has 0 fully saturated rings. The summed E-state index contributed by atoms with van der Waals surface area (Å²) >= 11 is 0. The lowest BCUT2D eigenvalue weighted by Crippen LogP contribution is -1.98. The Hall–Kier alpha value is -3.17. The van der Waals surface area contributed by atoms with Crippen LogP contribution in [0, 0.1) is 20.2 Å². The fourth-order valence-electron chi connectivity index (χ4n) is 1.30. The Bertz CT molecular complexity index is 651. The van der Waals surface area contributed by atoms with Gasteiger partial charge in [0.05, 0.1) is 27.7 Å². The zero-order chi connectivity index (χ0) is 13.8. The third kappa shape index (κ3) is 2.74. The Morgan fingerprint density at radius 2 is 1.84 bits per heavy atom. The standard InChI is InChI=1S/C9H6N6O4/c16-14(17)8-2-1-7(9(3-8)15(18)19)4-12-13-5-10-11-6-13/h1-6H/b12-4+. The largest absolute Gasteiger partial charge is 0.285 e. The zero-order valence-corrected chi connectivity index (χ0v) is 9.28. The van der Waals surface area contributed by atoms with Crippen LogP contribution < -0.4 is 0 Å². The van der Waals surface area contributed by atoms with Crippen molar-refractivity contribution in [3.05, 3.63) is 56.6 Å². The minimum atomic E-state index is -0.708. The molecular weight excluding hydrogens is 256 g/mol. The molecule has 0 saturated heterocycles. The average molecular weight is 262 g/mol. The first-order valence-corrected chi connectivity index (χ1v) is 4.90. The van der Waals surface area contributed by atoms with Gasteiger partial charge in [0.1, 0.15) is 12.7 Å². The number of nitro groups is 2. The predicted molar refractivity (Wildman–Crippen MR) is 62.8 cm³/mol. The van der Waals surface area contributed by atoms with Gasteiger partial charge in [0.15, 0.2) is 0 Å². The highest BCUT2D eigenvalue weighted by molar-refractivity contribution is 5.85. The zero-order valence-electron chi connectivity index (χ0n) is 9.28. The van der Waals surface area contributed by atoms with Gasteiger partial charge in [-0.05, 0) is 6.07 Å². The lowest BCUT2D eigenvalue weighted by molar-refractivity contribution is -0.394. The highest BCUT2D eigenvalue weighted by atomic mass is 16.6. The molecular formula is C9H6N6O4. The van der Waals surface area contributed by atoms with Crippen molar-refractivity contribution in [2.75, 3.05) is 0 Å². The minimum absolute atomic E-state index is 0.143. The maximum Gasteiger partial charge on any atom is 0.285 e. The number of benzene rings is 1. The second kappa shape index (κ2) is 5.00. The van der Waals surface area contributed by atoms with Gasteiger partial charge in [-0.25, -0.2) is 4.68 Å². The lowest BCUT2D eigenvalue weighted by Gasteiger charge is -1.97. The van der Waals surface area contributed by atoms with Gasteiger partial charge in [-0.2, -0.15) is 5.10 Å². The van der Waals surface area contributed by atoms with Crippen LogP contribution >= 0.6 is 0 Å². The summed E-state index contributed by atoms with van der Waals surface area (Å²) in [6.45, 7) is 0. The monoisotopic (exact) mass is 262 g/mol. The van der Waals surface area contributed by atoms with Gasteiger partial charge in [0, 0.05) is 6.07 Å². The molecule has 0 radical (unpaired) electrons. The van der Waals surface area contributed by atoms with Crippen molar-refractivity contribution in [1.82, 2.24) is 14.9 Å². The Balaban J connectivity index is 2.40. The van der Waals surface area contributed by atoms with Crippen molar-refractivity contribution in [2.24, 2.45) is 5.10 Å². The van der Waals surface area contributed by atoms with Crippen molar-refractivity contribution in [1.29, 1.82) is 0 Å². The molecule has 96 valence electrons. The Labute approximate surface area is 105 Å². The summed E-state index contributed by atoms with van der Waals surface area (Å²) in [7, 11) is 0. The van der Waals surface area contributed by atoms with Gasteiger partial charge < -0.3 is 0 Å². The molecule has 0 aliphatic carbocycles. The van der Waals surface area contributed by atoms with Gasteiger partial charge >= 0.3 is 0 Å². The van der Waals surface area contributed by atoms with Crippen molar-refractivity contribution in [2.45, 2.75) is 0 Å². The fraction of sp³-hybridized carbons (Fsp3) is 0. The van der Waals surface area contributed by atoms with Crippen LogP contribution in [0.4, 0.5) is 11.4 Å². The molecule has 1 aromatic carbocycles. The Kier molecular flexibility index (Phi) is 3.23. The van der Waals surface area contributed by atoms with E-state index in [9.17, 15) is 20.2 Å². The predicted octanol–water partition coefficient (Wildman–Crippen LogP) is 0.977. The summed E-state index contributed by atoms with van der Waals surface area (Å²) in [6.07, 6.45) is 3.80. The number of hydrogen-bond donors (Lipinski definition) is 0. The molecule has 0 aliphatic rings. The summed E-state index contributed by atoms with van der Waals surface area (Å²) in [6, 6.07) is 3.30. The van der Waals surface area contributed by atoms with E-state index < -0.39 is 15.5 Å². The van der Waals surface area contributed by atoms with Gasteiger partial charge in [-0.3, -0.25) is 20.2 Å². The first-order valence-electron chi connectivity index (χ1n) is 4.90. The minimum Gasteiger partial charge on any atom is -0.258 e.